The third-order valence-electron chi connectivity index (χ3n) is 11.9. The largest absolute Gasteiger partial charge is 0.453 e. The zero-order valence-corrected chi connectivity index (χ0v) is 32.9. The number of rotatable bonds is 8. The Balaban J connectivity index is 1.01. The Kier molecular flexibility index (Phi) is 8.71. The van der Waals surface area contributed by atoms with E-state index in [-0.39, 0.29) is 0 Å². The summed E-state index contributed by atoms with van der Waals surface area (Å²) < 4.78 is 6.93. The Morgan fingerprint density at radius 3 is 1.60 bits per heavy atom. The van der Waals surface area contributed by atoms with Crippen LogP contribution in [0.3, 0.4) is 0 Å². The molecule has 1 aliphatic heterocycles. The zero-order chi connectivity index (χ0) is 39.9. The number of para-hydroxylation sites is 3. The van der Waals surface area contributed by atoms with Crippen molar-refractivity contribution in [3.05, 3.63) is 264 Å². The number of ether oxygens (including phenoxy) is 1. The van der Waals surface area contributed by atoms with Crippen LogP contribution in [0.4, 0.5) is 34.1 Å². The molecule has 60 heavy (non-hydrogen) atoms. The topological polar surface area (TPSA) is 15.7 Å². The summed E-state index contributed by atoms with van der Waals surface area (Å²) in [4.78, 5) is 4.57. The van der Waals surface area contributed by atoms with Crippen molar-refractivity contribution in [3.63, 3.8) is 0 Å². The van der Waals surface area contributed by atoms with Crippen molar-refractivity contribution in [1.82, 2.24) is 0 Å². The predicted molar refractivity (Wildman–Crippen MR) is 249 cm³/mol. The molecular weight excluding hydrogens is 729 g/mol. The number of nitrogens with zero attached hydrogens (tertiary/aromatic N) is 2. The molecule has 0 bridgehead atoms. The highest BCUT2D eigenvalue weighted by Gasteiger charge is 2.46. The van der Waals surface area contributed by atoms with Gasteiger partial charge in [0.05, 0.1) is 16.8 Å². The maximum absolute atomic E-state index is 6.93. The molecule has 1 heterocycles. The molecule has 0 saturated heterocycles. The average molecular weight is 769 g/mol. The summed E-state index contributed by atoms with van der Waals surface area (Å²) in [6.45, 7) is 0. The van der Waals surface area contributed by atoms with Crippen LogP contribution in [0, 0.1) is 0 Å². The normalized spacial score (nSPS) is 13.2. The van der Waals surface area contributed by atoms with Crippen molar-refractivity contribution in [1.29, 1.82) is 0 Å². The van der Waals surface area contributed by atoms with Crippen LogP contribution < -0.4 is 14.5 Å². The summed E-state index contributed by atoms with van der Waals surface area (Å²) in [5.41, 5.74) is 15.7. The van der Waals surface area contributed by atoms with Crippen LogP contribution in [-0.4, -0.2) is 0 Å². The molecule has 0 N–H and O–H groups in total. The second-order valence-electron chi connectivity index (χ2n) is 15.3. The van der Waals surface area contributed by atoms with Gasteiger partial charge >= 0.3 is 0 Å². The summed E-state index contributed by atoms with van der Waals surface area (Å²) >= 11 is 0. The van der Waals surface area contributed by atoms with E-state index in [0.717, 1.165) is 51.2 Å². The minimum absolute atomic E-state index is 0.443. The van der Waals surface area contributed by atoms with Crippen molar-refractivity contribution in [3.8, 4) is 22.6 Å². The Morgan fingerprint density at radius 2 is 0.950 bits per heavy atom. The van der Waals surface area contributed by atoms with E-state index < -0.39 is 5.41 Å². The Labute approximate surface area is 351 Å². The quantitative estimate of drug-likeness (QED) is 0.143. The third-order valence-corrected chi connectivity index (χ3v) is 11.9. The molecular formula is C57H40N2O. The second kappa shape index (κ2) is 14.8. The first-order valence-electron chi connectivity index (χ1n) is 20.5. The first kappa shape index (κ1) is 35.3. The van der Waals surface area contributed by atoms with Crippen molar-refractivity contribution < 1.29 is 4.74 Å². The van der Waals surface area contributed by atoms with E-state index in [9.17, 15) is 0 Å². The highest BCUT2D eigenvalue weighted by Crippen LogP contribution is 2.57. The lowest BCUT2D eigenvalue weighted by Crippen LogP contribution is -2.28. The maximum Gasteiger partial charge on any atom is 0.153 e. The van der Waals surface area contributed by atoms with Gasteiger partial charge in [0.2, 0.25) is 0 Å². The fourth-order valence-corrected chi connectivity index (χ4v) is 9.36. The average Bonchev–Trinajstić information content (AvgIpc) is 3.63. The number of hydrogen-bond acceptors (Lipinski definition) is 3. The van der Waals surface area contributed by atoms with Crippen LogP contribution in [-0.2, 0) is 5.41 Å². The monoisotopic (exact) mass is 768 g/mol. The predicted octanol–water partition coefficient (Wildman–Crippen LogP) is 15.3. The van der Waals surface area contributed by atoms with Gasteiger partial charge in [-0.1, -0.05) is 176 Å². The Bertz CT molecular complexity index is 2920. The van der Waals surface area contributed by atoms with Crippen molar-refractivity contribution >= 4 is 46.3 Å². The van der Waals surface area contributed by atoms with Crippen LogP contribution >= 0.6 is 0 Å². The lowest BCUT2D eigenvalue weighted by molar-refractivity contribution is 0.477. The van der Waals surface area contributed by atoms with E-state index in [4.69, 9.17) is 4.74 Å². The van der Waals surface area contributed by atoms with E-state index in [1.165, 1.54) is 38.9 Å². The SMILES string of the molecule is C(=C\c1cccc2c1-c1ccccc1C2(c1ccccc1)c1ccccc1)/c1ccc2c(c1)Oc1cc(N(c3ccccc3)c3ccccc3)ccc1N2c1ccccc1. The number of hydrogen-bond donors (Lipinski definition) is 0. The molecule has 2 aliphatic rings. The smallest absolute Gasteiger partial charge is 0.153 e. The lowest BCUT2D eigenvalue weighted by Gasteiger charge is -2.34. The standard InChI is InChI=1S/C57H40N2O/c1-6-20-43(21-7-1)57(44-22-8-2-9-23-44)50-31-17-16-30-49(50)56-42(19-18-32-51(56)57)35-33-41-34-37-52-54(39-41)60-55-40-48(36-38-53(55)59(52)47-28-14-5-15-29-47)58(45-24-10-3-11-25-45)46-26-12-4-13-27-46/h1-40H/b35-33+. The van der Waals surface area contributed by atoms with Crippen molar-refractivity contribution in [2.45, 2.75) is 5.41 Å². The highest BCUT2D eigenvalue weighted by atomic mass is 16.5. The second-order valence-corrected chi connectivity index (χ2v) is 15.3. The molecule has 11 rings (SSSR count). The van der Waals surface area contributed by atoms with Gasteiger partial charge in [-0.2, -0.15) is 0 Å². The third kappa shape index (κ3) is 5.82. The number of benzene rings is 9. The van der Waals surface area contributed by atoms with E-state index in [1.807, 2.05) is 0 Å². The molecule has 3 nitrogen and oxygen atoms in total. The van der Waals surface area contributed by atoms with Gasteiger partial charge in [0.15, 0.2) is 11.5 Å². The molecule has 284 valence electrons. The molecule has 3 heteroatoms. The molecule has 0 aromatic heterocycles. The van der Waals surface area contributed by atoms with Gasteiger partial charge in [-0.15, -0.1) is 0 Å². The minimum Gasteiger partial charge on any atom is -0.453 e. The minimum atomic E-state index is -0.443. The fourth-order valence-electron chi connectivity index (χ4n) is 9.36. The van der Waals surface area contributed by atoms with Crippen LogP contribution in [0.1, 0.15) is 33.4 Å². The van der Waals surface area contributed by atoms with E-state index in [0.29, 0.717) is 0 Å². The first-order valence-corrected chi connectivity index (χ1v) is 20.5. The summed E-state index contributed by atoms with van der Waals surface area (Å²) in [5, 5.41) is 0. The number of fused-ring (bicyclic) bond motifs is 5. The van der Waals surface area contributed by atoms with Gasteiger partial charge < -0.3 is 14.5 Å². The highest BCUT2D eigenvalue weighted by molar-refractivity contribution is 5.94. The van der Waals surface area contributed by atoms with Crippen LogP contribution in [0.25, 0.3) is 23.3 Å². The first-order chi connectivity index (χ1) is 29.8. The molecule has 0 atom stereocenters. The lowest BCUT2D eigenvalue weighted by atomic mass is 9.67. The van der Waals surface area contributed by atoms with E-state index in [2.05, 4.69) is 252 Å². The van der Waals surface area contributed by atoms with Gasteiger partial charge in [0.1, 0.15) is 0 Å². The van der Waals surface area contributed by atoms with E-state index >= 15 is 0 Å². The Morgan fingerprint density at radius 1 is 0.417 bits per heavy atom. The van der Waals surface area contributed by atoms with Crippen molar-refractivity contribution in [2.75, 3.05) is 9.80 Å². The van der Waals surface area contributed by atoms with Crippen LogP contribution in [0.2, 0.25) is 0 Å². The molecule has 1 aliphatic carbocycles. The molecule has 0 spiro atoms. The molecule has 0 amide bonds. The summed E-state index contributed by atoms with van der Waals surface area (Å²) in [5.74, 6) is 1.59. The molecule has 9 aromatic rings. The van der Waals surface area contributed by atoms with Gasteiger partial charge in [0.25, 0.3) is 0 Å². The van der Waals surface area contributed by atoms with Gasteiger partial charge in [-0.25, -0.2) is 0 Å². The molecule has 0 fully saturated rings. The molecule has 9 aromatic carbocycles. The summed E-state index contributed by atoms with van der Waals surface area (Å²) in [7, 11) is 0. The van der Waals surface area contributed by atoms with Gasteiger partial charge in [-0.3, -0.25) is 0 Å². The molecule has 0 unspecified atom stereocenters. The van der Waals surface area contributed by atoms with Gasteiger partial charge in [0, 0.05) is 28.8 Å². The Hall–Kier alpha value is -7.88. The summed E-state index contributed by atoms with van der Waals surface area (Å²) in [6.07, 6.45) is 4.49. The van der Waals surface area contributed by atoms with Crippen LogP contribution in [0.5, 0.6) is 11.5 Å². The fraction of sp³-hybridized carbons (Fsp3) is 0.0175. The molecule has 0 radical (unpaired) electrons. The number of anilines is 6. The summed E-state index contributed by atoms with van der Waals surface area (Å²) in [6, 6.07) is 82.2. The zero-order valence-electron chi connectivity index (χ0n) is 32.9. The van der Waals surface area contributed by atoms with E-state index in [1.54, 1.807) is 0 Å². The van der Waals surface area contributed by atoms with Crippen LogP contribution in [0.15, 0.2) is 231 Å². The van der Waals surface area contributed by atoms with Crippen molar-refractivity contribution in [2.24, 2.45) is 0 Å². The molecule has 0 saturated carbocycles. The van der Waals surface area contributed by atoms with Gasteiger partial charge in [-0.05, 0) is 105 Å². The maximum atomic E-state index is 6.93.